The Hall–Kier alpha value is -2.03. The standard InChI is InChI=1S/C10H7O3.C5H5.Fe/c11-8-5-6-13-10(9(8)12)7-3-1-2-4-7;1-2-4-5-3-1;/h1-6,12H;1-5H;/q2*-1;+2. The Morgan fingerprint density at radius 3 is 2.26 bits per heavy atom. The Kier molecular flexibility index (Phi) is 5.86. The minimum Gasteiger partial charge on any atom is -0.544 e. The van der Waals surface area contributed by atoms with Crippen LogP contribution in [0.2, 0.25) is 0 Å². The zero-order valence-corrected chi connectivity index (χ0v) is 11.1. The summed E-state index contributed by atoms with van der Waals surface area (Å²) >= 11 is 0. The summed E-state index contributed by atoms with van der Waals surface area (Å²) in [4.78, 5) is 11.0. The summed E-state index contributed by atoms with van der Waals surface area (Å²) in [7, 11) is 0. The van der Waals surface area contributed by atoms with Crippen molar-refractivity contribution in [3.8, 4) is 17.1 Å². The van der Waals surface area contributed by atoms with Gasteiger partial charge in [0, 0.05) is 6.07 Å². The molecule has 0 saturated heterocycles. The summed E-state index contributed by atoms with van der Waals surface area (Å²) in [6.07, 6.45) is 1.27. The summed E-state index contributed by atoms with van der Waals surface area (Å²) in [5.74, 6) is -0.119. The topological polar surface area (TPSA) is 50.4 Å². The van der Waals surface area contributed by atoms with Crippen LogP contribution in [0.1, 0.15) is 0 Å². The Morgan fingerprint density at radius 2 is 1.74 bits per heavy atom. The van der Waals surface area contributed by atoms with Gasteiger partial charge in [0.2, 0.25) is 0 Å². The largest absolute Gasteiger partial charge is 2.00 e. The minimum atomic E-state index is -0.428. The molecular formula is C15H12FeO3. The van der Waals surface area contributed by atoms with Gasteiger partial charge in [0.15, 0.2) is 5.43 Å². The van der Waals surface area contributed by atoms with Crippen molar-refractivity contribution in [1.29, 1.82) is 0 Å². The van der Waals surface area contributed by atoms with E-state index in [2.05, 4.69) is 0 Å². The van der Waals surface area contributed by atoms with E-state index in [9.17, 15) is 9.90 Å². The Balaban J connectivity index is 0.000000256. The van der Waals surface area contributed by atoms with E-state index in [1.807, 2.05) is 42.5 Å². The summed E-state index contributed by atoms with van der Waals surface area (Å²) in [5.41, 5.74) is 0.276. The molecule has 0 aliphatic carbocycles. The smallest absolute Gasteiger partial charge is 0.544 e. The van der Waals surface area contributed by atoms with Crippen LogP contribution in [0.25, 0.3) is 11.3 Å². The molecule has 4 heteroatoms. The van der Waals surface area contributed by atoms with Gasteiger partial charge >= 0.3 is 17.1 Å². The van der Waals surface area contributed by atoms with Crippen molar-refractivity contribution < 1.29 is 26.6 Å². The first kappa shape index (κ1) is 15.0. The molecule has 3 aromatic rings. The second-order valence-corrected chi connectivity index (χ2v) is 3.60. The number of hydrogen-bond acceptors (Lipinski definition) is 3. The Morgan fingerprint density at radius 1 is 1.11 bits per heavy atom. The van der Waals surface area contributed by atoms with Gasteiger partial charge in [0.1, 0.15) is 5.75 Å². The molecule has 0 spiro atoms. The van der Waals surface area contributed by atoms with E-state index < -0.39 is 5.43 Å². The molecule has 0 saturated carbocycles. The van der Waals surface area contributed by atoms with Crippen LogP contribution in [0.4, 0.5) is 0 Å². The van der Waals surface area contributed by atoms with Gasteiger partial charge < -0.3 is 9.52 Å². The van der Waals surface area contributed by atoms with Crippen LogP contribution in [0.3, 0.4) is 0 Å². The number of rotatable bonds is 1. The predicted molar refractivity (Wildman–Crippen MR) is 69.7 cm³/mol. The third-order valence-electron chi connectivity index (χ3n) is 2.33. The second kappa shape index (κ2) is 7.41. The van der Waals surface area contributed by atoms with Gasteiger partial charge in [0.05, 0.1) is 12.0 Å². The van der Waals surface area contributed by atoms with Gasteiger partial charge in [0.25, 0.3) is 0 Å². The molecule has 0 unspecified atom stereocenters. The van der Waals surface area contributed by atoms with Gasteiger partial charge in [-0.3, -0.25) is 4.79 Å². The molecule has 0 amide bonds. The maximum Gasteiger partial charge on any atom is 2.00 e. The van der Waals surface area contributed by atoms with E-state index in [4.69, 9.17) is 4.42 Å². The first-order valence-electron chi connectivity index (χ1n) is 5.48. The number of aromatic hydroxyl groups is 1. The van der Waals surface area contributed by atoms with Crippen LogP contribution in [-0.2, 0) is 17.1 Å². The molecule has 1 N–H and O–H groups in total. The van der Waals surface area contributed by atoms with Gasteiger partial charge in [-0.1, -0.05) is 5.56 Å². The van der Waals surface area contributed by atoms with Crippen molar-refractivity contribution in [2.75, 3.05) is 0 Å². The van der Waals surface area contributed by atoms with Crippen LogP contribution in [0.15, 0.2) is 76.1 Å². The molecule has 98 valence electrons. The van der Waals surface area contributed by atoms with E-state index in [1.165, 1.54) is 12.3 Å². The van der Waals surface area contributed by atoms with Crippen molar-refractivity contribution in [2.45, 2.75) is 0 Å². The quantitative estimate of drug-likeness (QED) is 0.554. The van der Waals surface area contributed by atoms with Crippen LogP contribution in [0.5, 0.6) is 5.75 Å². The molecule has 3 nitrogen and oxygen atoms in total. The van der Waals surface area contributed by atoms with Crippen molar-refractivity contribution in [2.24, 2.45) is 0 Å². The van der Waals surface area contributed by atoms with Crippen molar-refractivity contribution in [3.63, 3.8) is 0 Å². The third kappa shape index (κ3) is 3.98. The average Bonchev–Trinajstić information content (AvgIpc) is 3.07. The van der Waals surface area contributed by atoms with Crippen molar-refractivity contribution >= 4 is 0 Å². The summed E-state index contributed by atoms with van der Waals surface area (Å²) in [6, 6.07) is 18.3. The minimum absolute atomic E-state index is 0. The molecule has 1 aromatic heterocycles. The molecule has 0 aliphatic rings. The van der Waals surface area contributed by atoms with Gasteiger partial charge in [-0.05, 0) is 0 Å². The van der Waals surface area contributed by atoms with E-state index in [-0.39, 0.29) is 28.6 Å². The summed E-state index contributed by atoms with van der Waals surface area (Å²) in [5, 5.41) is 9.36. The molecule has 0 atom stereocenters. The normalized spacial score (nSPS) is 9.05. The second-order valence-electron chi connectivity index (χ2n) is 3.60. The van der Waals surface area contributed by atoms with Crippen LogP contribution in [0, 0.1) is 0 Å². The molecule has 19 heavy (non-hydrogen) atoms. The first-order valence-corrected chi connectivity index (χ1v) is 5.48. The molecular weight excluding hydrogens is 284 g/mol. The van der Waals surface area contributed by atoms with Crippen LogP contribution >= 0.6 is 0 Å². The monoisotopic (exact) mass is 296 g/mol. The maximum absolute atomic E-state index is 11.0. The van der Waals surface area contributed by atoms with Crippen molar-refractivity contribution in [1.82, 2.24) is 0 Å². The fourth-order valence-electron chi connectivity index (χ4n) is 1.46. The van der Waals surface area contributed by atoms with E-state index >= 15 is 0 Å². The molecule has 0 fully saturated rings. The molecule has 3 rings (SSSR count). The summed E-state index contributed by atoms with van der Waals surface area (Å²) < 4.78 is 5.03. The molecule has 0 bridgehead atoms. The Labute approximate surface area is 121 Å². The van der Waals surface area contributed by atoms with Crippen LogP contribution in [-0.4, -0.2) is 5.11 Å². The van der Waals surface area contributed by atoms with Crippen molar-refractivity contribution in [3.05, 3.63) is 77.2 Å². The number of hydrogen-bond donors (Lipinski definition) is 1. The average molecular weight is 296 g/mol. The summed E-state index contributed by atoms with van der Waals surface area (Å²) in [6.45, 7) is 0. The van der Waals surface area contributed by atoms with E-state index in [0.29, 0.717) is 5.56 Å². The van der Waals surface area contributed by atoms with Crippen LogP contribution < -0.4 is 5.43 Å². The zero-order valence-electron chi connectivity index (χ0n) is 9.97. The van der Waals surface area contributed by atoms with Gasteiger partial charge in [-0.15, -0.1) is 12.1 Å². The van der Waals surface area contributed by atoms with E-state index in [0.717, 1.165) is 0 Å². The van der Waals surface area contributed by atoms with Gasteiger partial charge in [-0.25, -0.2) is 12.1 Å². The predicted octanol–water partition coefficient (Wildman–Crippen LogP) is 3.13. The molecule has 0 radical (unpaired) electrons. The first-order chi connectivity index (χ1) is 8.79. The molecule has 1 heterocycles. The van der Waals surface area contributed by atoms with E-state index in [1.54, 1.807) is 12.1 Å². The maximum atomic E-state index is 11.0. The zero-order chi connectivity index (χ0) is 12.8. The van der Waals surface area contributed by atoms with Gasteiger partial charge in [-0.2, -0.15) is 30.3 Å². The molecule has 2 aromatic carbocycles. The fraction of sp³-hybridized carbons (Fsp3) is 0. The third-order valence-corrected chi connectivity index (χ3v) is 2.33. The molecule has 0 aliphatic heterocycles. The SMILES string of the molecule is O=c1ccoc(-[c-]2cccc2)c1O.[Fe+2].c1cc[cH-]c1. The fourth-order valence-corrected chi connectivity index (χ4v) is 1.46. The Bertz CT molecular complexity index is 605.